The molecule has 0 bridgehead atoms. The minimum atomic E-state index is -0.791. The van der Waals surface area contributed by atoms with Gasteiger partial charge in [0, 0.05) is 43.8 Å². The molecule has 0 radical (unpaired) electrons. The van der Waals surface area contributed by atoms with Gasteiger partial charge in [0.05, 0.1) is 6.20 Å². The van der Waals surface area contributed by atoms with Gasteiger partial charge in [-0.05, 0) is 66.9 Å². The molecule has 8 nitrogen and oxygen atoms in total. The summed E-state index contributed by atoms with van der Waals surface area (Å²) in [6.45, 7) is 2.70. The van der Waals surface area contributed by atoms with Crippen LogP contribution in [-0.4, -0.2) is 48.6 Å². The standard InChI is InChI=1S/C28H25F2N7O/c29-19-15-23(30)26(34-16-19)28-35-24-2-1-10-33-27(24)37(28)20-3-5-21(6-4-20)38-22-8-12-36(13-9-22)17-18-7-11-32-25(31)14-18/h1-7,10-11,14-16,22H,8-9,12-13,17H2,(H2,31,32). The van der Waals surface area contributed by atoms with Crippen LogP contribution in [0.15, 0.2) is 73.2 Å². The molecule has 0 saturated carbocycles. The molecule has 2 N–H and O–H groups in total. The molecule has 38 heavy (non-hydrogen) atoms. The molecule has 0 atom stereocenters. The highest BCUT2D eigenvalue weighted by Crippen LogP contribution is 2.29. The van der Waals surface area contributed by atoms with Crippen molar-refractivity contribution >= 4 is 17.0 Å². The lowest BCUT2D eigenvalue weighted by molar-refractivity contribution is 0.0968. The fourth-order valence-electron chi connectivity index (χ4n) is 4.80. The zero-order chi connectivity index (χ0) is 26.1. The average molecular weight is 514 g/mol. The first-order valence-electron chi connectivity index (χ1n) is 12.4. The van der Waals surface area contributed by atoms with Gasteiger partial charge in [0.25, 0.3) is 0 Å². The molecule has 0 unspecified atom stereocenters. The average Bonchev–Trinajstić information content (AvgIpc) is 3.29. The normalized spacial score (nSPS) is 14.7. The van der Waals surface area contributed by atoms with Crippen LogP contribution >= 0.6 is 0 Å². The lowest BCUT2D eigenvalue weighted by Gasteiger charge is -2.32. The Morgan fingerprint density at radius 1 is 0.947 bits per heavy atom. The molecule has 5 heterocycles. The van der Waals surface area contributed by atoms with Crippen LogP contribution in [-0.2, 0) is 6.54 Å². The maximum Gasteiger partial charge on any atom is 0.168 e. The number of rotatable bonds is 6. The number of benzene rings is 1. The summed E-state index contributed by atoms with van der Waals surface area (Å²) in [4.78, 5) is 19.4. The predicted octanol–water partition coefficient (Wildman–Crippen LogP) is 4.78. The number of nitrogen functional groups attached to an aromatic ring is 1. The van der Waals surface area contributed by atoms with E-state index in [9.17, 15) is 8.78 Å². The SMILES string of the molecule is Nc1cc(CN2CCC(Oc3ccc(-n4c(-c5ncc(F)cc5F)nc5cccnc54)cc3)CC2)ccn1. The zero-order valence-corrected chi connectivity index (χ0v) is 20.5. The Kier molecular flexibility index (Phi) is 6.38. The number of aromatic nitrogens is 5. The van der Waals surface area contributed by atoms with E-state index in [0.717, 1.165) is 56.1 Å². The van der Waals surface area contributed by atoms with Crippen LogP contribution < -0.4 is 10.5 Å². The van der Waals surface area contributed by atoms with E-state index >= 15 is 0 Å². The van der Waals surface area contributed by atoms with E-state index in [-0.39, 0.29) is 17.6 Å². The van der Waals surface area contributed by atoms with Gasteiger partial charge in [-0.2, -0.15) is 0 Å². The second kappa shape index (κ2) is 10.1. The Bertz CT molecular complexity index is 1580. The highest BCUT2D eigenvalue weighted by atomic mass is 19.1. The van der Waals surface area contributed by atoms with E-state index in [1.165, 1.54) is 0 Å². The minimum Gasteiger partial charge on any atom is -0.490 e. The van der Waals surface area contributed by atoms with Gasteiger partial charge in [0.15, 0.2) is 17.3 Å². The van der Waals surface area contributed by atoms with Gasteiger partial charge in [-0.25, -0.2) is 28.7 Å². The molecule has 1 aliphatic rings. The van der Waals surface area contributed by atoms with Crippen molar-refractivity contribution in [2.45, 2.75) is 25.5 Å². The first kappa shape index (κ1) is 23.9. The van der Waals surface area contributed by atoms with Crippen molar-refractivity contribution in [2.24, 2.45) is 0 Å². The number of hydrogen-bond acceptors (Lipinski definition) is 7. The Balaban J connectivity index is 1.18. The summed E-state index contributed by atoms with van der Waals surface area (Å²) in [5.41, 5.74) is 8.74. The van der Waals surface area contributed by atoms with Crippen LogP contribution in [0.1, 0.15) is 18.4 Å². The zero-order valence-electron chi connectivity index (χ0n) is 20.5. The van der Waals surface area contributed by atoms with Crippen LogP contribution in [0.5, 0.6) is 5.75 Å². The number of pyridine rings is 3. The fourth-order valence-corrected chi connectivity index (χ4v) is 4.80. The van der Waals surface area contributed by atoms with Crippen LogP contribution in [0.25, 0.3) is 28.4 Å². The molecule has 1 aliphatic heterocycles. The van der Waals surface area contributed by atoms with Gasteiger partial charge in [-0.1, -0.05) is 0 Å². The number of piperidine rings is 1. The number of anilines is 1. The van der Waals surface area contributed by atoms with Crippen molar-refractivity contribution in [1.29, 1.82) is 0 Å². The highest BCUT2D eigenvalue weighted by Gasteiger charge is 2.22. The molecule has 192 valence electrons. The second-order valence-electron chi connectivity index (χ2n) is 9.28. The van der Waals surface area contributed by atoms with Gasteiger partial charge in [-0.3, -0.25) is 9.47 Å². The number of ether oxygens (including phenoxy) is 1. The molecule has 0 aliphatic carbocycles. The van der Waals surface area contributed by atoms with Crippen molar-refractivity contribution in [1.82, 2.24) is 29.4 Å². The number of fused-ring (bicyclic) bond motifs is 1. The maximum atomic E-state index is 14.6. The minimum absolute atomic E-state index is 0.0501. The summed E-state index contributed by atoms with van der Waals surface area (Å²) >= 11 is 0. The molecule has 0 amide bonds. The molecule has 0 spiro atoms. The van der Waals surface area contributed by atoms with Crippen LogP contribution in [0.4, 0.5) is 14.6 Å². The third-order valence-electron chi connectivity index (χ3n) is 6.62. The van der Waals surface area contributed by atoms with Crippen LogP contribution in [0.3, 0.4) is 0 Å². The summed E-state index contributed by atoms with van der Waals surface area (Å²) in [5, 5.41) is 0. The first-order valence-corrected chi connectivity index (χ1v) is 12.4. The van der Waals surface area contributed by atoms with E-state index in [1.807, 2.05) is 36.4 Å². The van der Waals surface area contributed by atoms with Crippen molar-refractivity contribution in [2.75, 3.05) is 18.8 Å². The molecular weight excluding hydrogens is 488 g/mol. The van der Waals surface area contributed by atoms with Gasteiger partial charge in [0.2, 0.25) is 0 Å². The Morgan fingerprint density at radius 2 is 1.76 bits per heavy atom. The third kappa shape index (κ3) is 4.90. The summed E-state index contributed by atoms with van der Waals surface area (Å²) < 4.78 is 36.1. The molecule has 1 aromatic carbocycles. The number of likely N-dealkylation sites (tertiary alicyclic amines) is 1. The number of nitrogens with zero attached hydrogens (tertiary/aromatic N) is 6. The van der Waals surface area contributed by atoms with Crippen molar-refractivity contribution in [3.05, 3.63) is 90.4 Å². The Labute approximate surface area is 217 Å². The molecular formula is C28H25F2N7O. The molecule has 6 rings (SSSR count). The molecule has 1 fully saturated rings. The summed E-state index contributed by atoms with van der Waals surface area (Å²) in [7, 11) is 0. The van der Waals surface area contributed by atoms with E-state index in [1.54, 1.807) is 29.1 Å². The van der Waals surface area contributed by atoms with E-state index in [0.29, 0.717) is 22.7 Å². The third-order valence-corrected chi connectivity index (χ3v) is 6.62. The first-order chi connectivity index (χ1) is 18.5. The number of hydrogen-bond donors (Lipinski definition) is 1. The second-order valence-corrected chi connectivity index (χ2v) is 9.28. The summed E-state index contributed by atoms with van der Waals surface area (Å²) in [6.07, 6.45) is 6.30. The van der Waals surface area contributed by atoms with Gasteiger partial charge >= 0.3 is 0 Å². The van der Waals surface area contributed by atoms with Gasteiger partial charge < -0.3 is 10.5 Å². The molecule has 4 aromatic heterocycles. The highest BCUT2D eigenvalue weighted by molar-refractivity contribution is 5.79. The summed E-state index contributed by atoms with van der Waals surface area (Å²) in [6, 6.07) is 15.8. The number of imidazole rings is 1. The monoisotopic (exact) mass is 513 g/mol. The van der Waals surface area contributed by atoms with E-state index in [2.05, 4.69) is 24.8 Å². The van der Waals surface area contributed by atoms with E-state index in [4.69, 9.17) is 10.5 Å². The number of halogens is 2. The van der Waals surface area contributed by atoms with Crippen molar-refractivity contribution < 1.29 is 13.5 Å². The van der Waals surface area contributed by atoms with E-state index < -0.39 is 11.6 Å². The maximum absolute atomic E-state index is 14.6. The molecule has 5 aromatic rings. The van der Waals surface area contributed by atoms with Crippen molar-refractivity contribution in [3.63, 3.8) is 0 Å². The largest absolute Gasteiger partial charge is 0.490 e. The smallest absolute Gasteiger partial charge is 0.168 e. The van der Waals surface area contributed by atoms with Crippen LogP contribution in [0.2, 0.25) is 0 Å². The topological polar surface area (TPSA) is 95.0 Å². The predicted molar refractivity (Wildman–Crippen MR) is 140 cm³/mol. The number of nitrogens with two attached hydrogens (primary N) is 1. The fraction of sp³-hybridized carbons (Fsp3) is 0.214. The Morgan fingerprint density at radius 3 is 2.53 bits per heavy atom. The van der Waals surface area contributed by atoms with Crippen LogP contribution in [0, 0.1) is 11.6 Å². The van der Waals surface area contributed by atoms with Crippen molar-refractivity contribution in [3.8, 4) is 23.0 Å². The lowest BCUT2D eigenvalue weighted by atomic mass is 10.1. The molecule has 1 saturated heterocycles. The lowest BCUT2D eigenvalue weighted by Crippen LogP contribution is -2.37. The van der Waals surface area contributed by atoms with Gasteiger partial charge in [0.1, 0.15) is 34.7 Å². The Hall–Kier alpha value is -4.44. The quantitative estimate of drug-likeness (QED) is 0.349. The van der Waals surface area contributed by atoms with Gasteiger partial charge in [-0.15, -0.1) is 0 Å². The molecule has 10 heteroatoms. The summed E-state index contributed by atoms with van der Waals surface area (Å²) in [5.74, 6) is -0.0103.